The second-order valence-corrected chi connectivity index (χ2v) is 6.57. The van der Waals surface area contributed by atoms with Crippen molar-refractivity contribution >= 4 is 35.1 Å². The van der Waals surface area contributed by atoms with Gasteiger partial charge < -0.3 is 19.8 Å². The van der Waals surface area contributed by atoms with Crippen LogP contribution in [0.25, 0.3) is 0 Å². The van der Waals surface area contributed by atoms with E-state index in [1.165, 1.54) is 32.2 Å². The minimum atomic E-state index is -1.12. The molecular formula is C20H20ClN3O5. The number of amides is 1. The quantitative estimate of drug-likeness (QED) is 0.695. The molecule has 152 valence electrons. The standard InChI is InChI=1S/C20H20ClN3O5/c1-5-15-16(19(26)28-4)10(2)17(24-15)20(27)29-11(3)18(25)23-13-7-6-12(9-22)14(21)8-13/h6-8,11,24H,5H2,1-4H3,(H,23,25). The number of hydrogen-bond acceptors (Lipinski definition) is 6. The van der Waals surface area contributed by atoms with Gasteiger partial charge in [0.1, 0.15) is 11.8 Å². The van der Waals surface area contributed by atoms with Crippen molar-refractivity contribution in [2.75, 3.05) is 12.4 Å². The molecule has 0 saturated heterocycles. The Labute approximate surface area is 172 Å². The summed E-state index contributed by atoms with van der Waals surface area (Å²) >= 11 is 5.94. The molecule has 1 heterocycles. The van der Waals surface area contributed by atoms with Crippen LogP contribution in [0.2, 0.25) is 5.02 Å². The predicted molar refractivity (Wildman–Crippen MR) is 106 cm³/mol. The van der Waals surface area contributed by atoms with E-state index in [2.05, 4.69) is 10.3 Å². The number of H-pyrrole nitrogens is 1. The zero-order valence-electron chi connectivity index (χ0n) is 16.4. The maximum atomic E-state index is 12.5. The summed E-state index contributed by atoms with van der Waals surface area (Å²) in [5, 5.41) is 11.6. The molecule has 0 fully saturated rings. The third-order valence-electron chi connectivity index (χ3n) is 4.28. The van der Waals surface area contributed by atoms with Crippen molar-refractivity contribution in [1.29, 1.82) is 5.26 Å². The van der Waals surface area contributed by atoms with E-state index in [1.807, 2.05) is 13.0 Å². The Hall–Kier alpha value is -3.31. The van der Waals surface area contributed by atoms with Gasteiger partial charge in [0, 0.05) is 11.4 Å². The number of halogens is 1. The lowest BCUT2D eigenvalue weighted by atomic mass is 10.1. The number of nitrogens with zero attached hydrogens (tertiary/aromatic N) is 1. The van der Waals surface area contributed by atoms with Crippen LogP contribution in [0.1, 0.15) is 51.5 Å². The lowest BCUT2D eigenvalue weighted by molar-refractivity contribution is -0.123. The summed E-state index contributed by atoms with van der Waals surface area (Å²) in [6, 6.07) is 6.34. The van der Waals surface area contributed by atoms with Gasteiger partial charge in [0.05, 0.1) is 23.3 Å². The van der Waals surface area contributed by atoms with Gasteiger partial charge in [-0.15, -0.1) is 0 Å². The fourth-order valence-corrected chi connectivity index (χ4v) is 2.93. The first-order valence-corrected chi connectivity index (χ1v) is 9.12. The van der Waals surface area contributed by atoms with E-state index >= 15 is 0 Å². The molecule has 9 heteroatoms. The number of methoxy groups -OCH3 is 1. The number of hydrogen-bond donors (Lipinski definition) is 2. The molecule has 2 aromatic rings. The van der Waals surface area contributed by atoms with Crippen molar-refractivity contribution in [2.24, 2.45) is 0 Å². The van der Waals surface area contributed by atoms with Gasteiger partial charge >= 0.3 is 11.9 Å². The van der Waals surface area contributed by atoms with Crippen molar-refractivity contribution in [1.82, 2.24) is 4.98 Å². The van der Waals surface area contributed by atoms with Gasteiger partial charge in [-0.3, -0.25) is 4.79 Å². The van der Waals surface area contributed by atoms with Crippen LogP contribution < -0.4 is 5.32 Å². The first kappa shape index (κ1) is 22.0. The lowest BCUT2D eigenvalue weighted by Crippen LogP contribution is -2.30. The Morgan fingerprint density at radius 2 is 2.00 bits per heavy atom. The number of aryl methyl sites for hydroxylation is 1. The van der Waals surface area contributed by atoms with Crippen LogP contribution in [0, 0.1) is 18.3 Å². The summed E-state index contributed by atoms with van der Waals surface area (Å²) in [7, 11) is 1.26. The molecule has 0 bridgehead atoms. The molecule has 0 saturated carbocycles. The normalized spacial score (nSPS) is 11.3. The van der Waals surface area contributed by atoms with Gasteiger partial charge in [-0.05, 0) is 44.0 Å². The lowest BCUT2D eigenvalue weighted by Gasteiger charge is -2.14. The Kier molecular flexibility index (Phi) is 7.02. The Bertz CT molecular complexity index is 1010. The molecule has 0 spiro atoms. The van der Waals surface area contributed by atoms with Gasteiger partial charge in [-0.2, -0.15) is 5.26 Å². The van der Waals surface area contributed by atoms with Gasteiger partial charge in [-0.25, -0.2) is 9.59 Å². The molecule has 1 amide bonds. The summed E-state index contributed by atoms with van der Waals surface area (Å²) in [4.78, 5) is 39.7. The Balaban J connectivity index is 2.13. The molecule has 0 aliphatic heterocycles. The number of aromatic nitrogens is 1. The molecule has 1 atom stereocenters. The SMILES string of the molecule is CCc1[nH]c(C(=O)OC(C)C(=O)Nc2ccc(C#N)c(Cl)c2)c(C)c1C(=O)OC. The topological polar surface area (TPSA) is 121 Å². The number of ether oxygens (including phenoxy) is 2. The first-order valence-electron chi connectivity index (χ1n) is 8.74. The van der Waals surface area contributed by atoms with Crippen molar-refractivity contribution in [3.8, 4) is 6.07 Å². The number of aromatic amines is 1. The van der Waals surface area contributed by atoms with E-state index in [9.17, 15) is 14.4 Å². The molecule has 0 radical (unpaired) electrons. The highest BCUT2D eigenvalue weighted by Crippen LogP contribution is 2.22. The number of carbonyl (C=O) groups excluding carboxylic acids is 3. The van der Waals surface area contributed by atoms with E-state index in [0.29, 0.717) is 23.4 Å². The van der Waals surface area contributed by atoms with Gasteiger partial charge in [0.15, 0.2) is 6.10 Å². The number of esters is 2. The van der Waals surface area contributed by atoms with Crippen molar-refractivity contribution in [3.05, 3.63) is 51.3 Å². The molecule has 2 N–H and O–H groups in total. The van der Waals surface area contributed by atoms with Crippen LogP contribution in [-0.2, 0) is 20.7 Å². The van der Waals surface area contributed by atoms with E-state index in [1.54, 1.807) is 6.92 Å². The molecule has 1 aromatic carbocycles. The van der Waals surface area contributed by atoms with Gasteiger partial charge in [0.2, 0.25) is 0 Å². The van der Waals surface area contributed by atoms with E-state index in [-0.39, 0.29) is 21.8 Å². The van der Waals surface area contributed by atoms with Gasteiger partial charge in [-0.1, -0.05) is 18.5 Å². The Morgan fingerprint density at radius 3 is 2.55 bits per heavy atom. The second-order valence-electron chi connectivity index (χ2n) is 6.17. The van der Waals surface area contributed by atoms with Gasteiger partial charge in [0.25, 0.3) is 5.91 Å². The number of nitriles is 1. The molecule has 1 unspecified atom stereocenters. The average Bonchev–Trinajstić information content (AvgIpc) is 3.03. The largest absolute Gasteiger partial charge is 0.465 e. The van der Waals surface area contributed by atoms with E-state index in [0.717, 1.165) is 0 Å². The zero-order valence-corrected chi connectivity index (χ0v) is 17.1. The van der Waals surface area contributed by atoms with Crippen LogP contribution in [0.15, 0.2) is 18.2 Å². The molecule has 0 aliphatic rings. The number of rotatable bonds is 6. The summed E-state index contributed by atoms with van der Waals surface area (Å²) in [5.74, 6) is -1.90. The van der Waals surface area contributed by atoms with Crippen molar-refractivity contribution in [2.45, 2.75) is 33.3 Å². The van der Waals surface area contributed by atoms with Crippen LogP contribution in [0.3, 0.4) is 0 Å². The summed E-state index contributed by atoms with van der Waals surface area (Å²) in [6.07, 6.45) is -0.639. The molecule has 1 aromatic heterocycles. The third kappa shape index (κ3) is 4.76. The smallest absolute Gasteiger partial charge is 0.355 e. The Morgan fingerprint density at radius 1 is 1.31 bits per heavy atom. The number of anilines is 1. The summed E-state index contributed by atoms with van der Waals surface area (Å²) in [6.45, 7) is 4.84. The molecule has 0 aliphatic carbocycles. The number of nitrogens with one attached hydrogen (secondary N) is 2. The maximum Gasteiger partial charge on any atom is 0.355 e. The van der Waals surface area contributed by atoms with Crippen molar-refractivity contribution < 1.29 is 23.9 Å². The average molecular weight is 418 g/mol. The fourth-order valence-electron chi connectivity index (χ4n) is 2.71. The third-order valence-corrected chi connectivity index (χ3v) is 4.60. The minimum absolute atomic E-state index is 0.0864. The molecule has 2 rings (SSSR count). The minimum Gasteiger partial charge on any atom is -0.465 e. The van der Waals surface area contributed by atoms with Crippen LogP contribution in [0.4, 0.5) is 5.69 Å². The highest BCUT2D eigenvalue weighted by Gasteiger charge is 2.27. The van der Waals surface area contributed by atoms with E-state index < -0.39 is 23.9 Å². The summed E-state index contributed by atoms with van der Waals surface area (Å²) in [5.41, 5.74) is 1.95. The monoisotopic (exact) mass is 417 g/mol. The van der Waals surface area contributed by atoms with Crippen LogP contribution >= 0.6 is 11.6 Å². The number of benzene rings is 1. The first-order chi connectivity index (χ1) is 13.7. The van der Waals surface area contributed by atoms with Crippen molar-refractivity contribution in [3.63, 3.8) is 0 Å². The summed E-state index contributed by atoms with van der Waals surface area (Å²) < 4.78 is 9.99. The fraction of sp³-hybridized carbons (Fsp3) is 0.300. The van der Waals surface area contributed by atoms with Crippen LogP contribution in [-0.4, -0.2) is 36.0 Å². The molecule has 8 nitrogen and oxygen atoms in total. The molecule has 29 heavy (non-hydrogen) atoms. The van der Waals surface area contributed by atoms with Crippen LogP contribution in [0.5, 0.6) is 0 Å². The second kappa shape index (κ2) is 9.26. The maximum absolute atomic E-state index is 12.5. The predicted octanol–water partition coefficient (Wildman–Crippen LogP) is 3.38. The van der Waals surface area contributed by atoms with E-state index in [4.69, 9.17) is 26.3 Å². The number of carbonyl (C=O) groups is 3. The highest BCUT2D eigenvalue weighted by molar-refractivity contribution is 6.32. The zero-order chi connectivity index (χ0) is 21.7. The highest BCUT2D eigenvalue weighted by atomic mass is 35.5. The molecular weight excluding hydrogens is 398 g/mol.